The van der Waals surface area contributed by atoms with Crippen molar-refractivity contribution < 1.29 is 19.7 Å². The molecule has 0 fully saturated rings. The van der Waals surface area contributed by atoms with Gasteiger partial charge in [0.1, 0.15) is 11.3 Å². The first-order chi connectivity index (χ1) is 14.9. The van der Waals surface area contributed by atoms with Gasteiger partial charge in [-0.3, -0.25) is 0 Å². The molecule has 0 bridgehead atoms. The molecule has 0 aliphatic carbocycles. The summed E-state index contributed by atoms with van der Waals surface area (Å²) in [5.74, 6) is 0.242. The van der Waals surface area contributed by atoms with E-state index < -0.39 is 6.09 Å². The number of aliphatic hydroxyl groups is 1. The van der Waals surface area contributed by atoms with Crippen LogP contribution in [0.3, 0.4) is 0 Å². The van der Waals surface area contributed by atoms with E-state index in [0.717, 1.165) is 4.90 Å². The van der Waals surface area contributed by atoms with Crippen LogP contribution in [-0.4, -0.2) is 56.4 Å². The molecule has 0 atom stereocenters. The van der Waals surface area contributed by atoms with Crippen molar-refractivity contribution in [3.05, 3.63) is 57.4 Å². The molecular formula is C20H17Cl3N4O4. The van der Waals surface area contributed by atoms with Crippen molar-refractivity contribution in [1.82, 2.24) is 19.9 Å². The molecule has 0 radical (unpaired) electrons. The van der Waals surface area contributed by atoms with E-state index in [1.165, 1.54) is 13.4 Å². The molecule has 0 saturated carbocycles. The lowest BCUT2D eigenvalue weighted by Gasteiger charge is -2.19. The van der Waals surface area contributed by atoms with Gasteiger partial charge < -0.3 is 19.8 Å². The van der Waals surface area contributed by atoms with Gasteiger partial charge in [0.05, 0.1) is 36.7 Å². The van der Waals surface area contributed by atoms with E-state index in [1.54, 1.807) is 30.3 Å². The quantitative estimate of drug-likeness (QED) is 0.471. The van der Waals surface area contributed by atoms with Crippen LogP contribution in [0.1, 0.15) is 5.56 Å². The Labute approximate surface area is 193 Å². The second-order valence-electron chi connectivity index (χ2n) is 6.29. The summed E-state index contributed by atoms with van der Waals surface area (Å²) in [6.45, 7) is -0.316. The highest BCUT2D eigenvalue weighted by molar-refractivity contribution is 6.43. The molecule has 1 aromatic carbocycles. The first kappa shape index (κ1) is 23.0. The van der Waals surface area contributed by atoms with Gasteiger partial charge in [0, 0.05) is 23.2 Å². The molecule has 0 saturated heterocycles. The fourth-order valence-corrected chi connectivity index (χ4v) is 3.58. The topological polar surface area (TPSA) is 109 Å². The van der Waals surface area contributed by atoms with Crippen LogP contribution in [0.5, 0.6) is 5.88 Å². The smallest absolute Gasteiger partial charge is 0.407 e. The monoisotopic (exact) mass is 482 g/mol. The average Bonchev–Trinajstić information content (AvgIpc) is 2.76. The minimum absolute atomic E-state index is 0.00909. The van der Waals surface area contributed by atoms with Crippen LogP contribution in [0.15, 0.2) is 36.7 Å². The van der Waals surface area contributed by atoms with Crippen LogP contribution in [0, 0.1) is 0 Å². The highest BCUT2D eigenvalue weighted by Gasteiger charge is 2.19. The molecule has 2 aromatic heterocycles. The van der Waals surface area contributed by atoms with Crippen molar-refractivity contribution in [3.63, 3.8) is 0 Å². The molecule has 162 valence electrons. The Morgan fingerprint density at radius 1 is 1.10 bits per heavy atom. The predicted octanol–water partition coefficient (Wildman–Crippen LogP) is 4.65. The maximum Gasteiger partial charge on any atom is 0.407 e. The number of methoxy groups -OCH3 is 1. The van der Waals surface area contributed by atoms with Gasteiger partial charge in [-0.2, -0.15) is 0 Å². The van der Waals surface area contributed by atoms with Crippen molar-refractivity contribution >= 4 is 40.9 Å². The Kier molecular flexibility index (Phi) is 7.50. The number of nitrogens with zero attached hydrogens (tertiary/aromatic N) is 4. The summed E-state index contributed by atoms with van der Waals surface area (Å²) in [6.07, 6.45) is 0.139. The molecule has 3 aromatic rings. The molecule has 2 heterocycles. The number of amides is 1. The van der Waals surface area contributed by atoms with Gasteiger partial charge >= 0.3 is 6.09 Å². The zero-order valence-electron chi connectivity index (χ0n) is 16.2. The molecule has 0 aliphatic heterocycles. The maximum atomic E-state index is 11.4. The van der Waals surface area contributed by atoms with Crippen molar-refractivity contribution in [2.24, 2.45) is 0 Å². The fourth-order valence-electron chi connectivity index (χ4n) is 2.93. The van der Waals surface area contributed by atoms with E-state index in [4.69, 9.17) is 44.6 Å². The first-order valence-corrected chi connectivity index (χ1v) is 10.1. The third-order valence-electron chi connectivity index (χ3n) is 4.41. The van der Waals surface area contributed by atoms with Crippen LogP contribution < -0.4 is 4.74 Å². The van der Waals surface area contributed by atoms with Crippen LogP contribution in [-0.2, 0) is 6.54 Å². The molecule has 1 amide bonds. The maximum absolute atomic E-state index is 11.4. The molecule has 0 aliphatic rings. The van der Waals surface area contributed by atoms with E-state index in [1.807, 2.05) is 0 Å². The summed E-state index contributed by atoms with van der Waals surface area (Å²) in [7, 11) is 1.44. The third kappa shape index (κ3) is 4.99. The summed E-state index contributed by atoms with van der Waals surface area (Å²) in [6, 6.07) is 8.71. The highest BCUT2D eigenvalue weighted by Crippen LogP contribution is 2.39. The molecule has 11 heteroatoms. The Morgan fingerprint density at radius 3 is 2.52 bits per heavy atom. The average molecular weight is 484 g/mol. The number of hydrogen-bond donors (Lipinski definition) is 2. The second-order valence-corrected chi connectivity index (χ2v) is 7.40. The number of carbonyl (C=O) groups is 1. The van der Waals surface area contributed by atoms with Gasteiger partial charge in [0.25, 0.3) is 0 Å². The van der Waals surface area contributed by atoms with Crippen LogP contribution >= 0.6 is 34.8 Å². The van der Waals surface area contributed by atoms with Gasteiger partial charge in [0.2, 0.25) is 5.88 Å². The molecular weight excluding hydrogens is 467 g/mol. The molecule has 2 N–H and O–H groups in total. The molecule has 31 heavy (non-hydrogen) atoms. The number of aromatic nitrogens is 3. The van der Waals surface area contributed by atoms with Crippen molar-refractivity contribution in [2.75, 3.05) is 20.3 Å². The van der Waals surface area contributed by atoms with E-state index >= 15 is 0 Å². The zero-order valence-corrected chi connectivity index (χ0v) is 18.5. The number of pyridine rings is 1. The fraction of sp³-hybridized carbons (Fsp3) is 0.200. The molecule has 3 rings (SSSR count). The molecule has 8 nitrogen and oxygen atoms in total. The normalized spacial score (nSPS) is 10.7. The van der Waals surface area contributed by atoms with E-state index in [-0.39, 0.29) is 35.8 Å². The standard InChI is InChI=1S/C20H17Cl3N4O4/c1-31-19-11(9-27(7-8-28)20(29)30)5-6-14(26-19)12-3-2-4-13(15(12)21)17-16(22)18(23)25-10-24-17/h2-6,10,28H,7-9H2,1H3,(H,29,30). The Hall–Kier alpha value is -2.65. The lowest BCUT2D eigenvalue weighted by Crippen LogP contribution is -2.31. The van der Waals surface area contributed by atoms with E-state index in [2.05, 4.69) is 15.0 Å². The lowest BCUT2D eigenvalue weighted by atomic mass is 10.0. The molecule has 0 spiro atoms. The van der Waals surface area contributed by atoms with Gasteiger partial charge in [-0.05, 0) is 12.1 Å². The zero-order chi connectivity index (χ0) is 22.5. The summed E-state index contributed by atoms with van der Waals surface area (Å²) >= 11 is 18.9. The van der Waals surface area contributed by atoms with Crippen molar-refractivity contribution in [2.45, 2.75) is 6.54 Å². The number of halogens is 3. The Balaban J connectivity index is 2.02. The molecule has 0 unspecified atom stereocenters. The predicted molar refractivity (Wildman–Crippen MR) is 118 cm³/mol. The number of hydrogen-bond acceptors (Lipinski definition) is 6. The van der Waals surface area contributed by atoms with E-state index in [9.17, 15) is 9.90 Å². The highest BCUT2D eigenvalue weighted by atomic mass is 35.5. The number of aliphatic hydroxyl groups excluding tert-OH is 1. The van der Waals surface area contributed by atoms with E-state index in [0.29, 0.717) is 33.1 Å². The summed E-state index contributed by atoms with van der Waals surface area (Å²) < 4.78 is 5.36. The summed E-state index contributed by atoms with van der Waals surface area (Å²) in [5, 5.41) is 19.0. The minimum atomic E-state index is -1.16. The van der Waals surface area contributed by atoms with Gasteiger partial charge in [-0.25, -0.2) is 19.7 Å². The van der Waals surface area contributed by atoms with Crippen molar-refractivity contribution in [1.29, 1.82) is 0 Å². The number of carboxylic acid groups (broad SMARTS) is 1. The minimum Gasteiger partial charge on any atom is -0.481 e. The van der Waals surface area contributed by atoms with Crippen LogP contribution in [0.25, 0.3) is 22.5 Å². The Bertz CT molecular complexity index is 1110. The van der Waals surface area contributed by atoms with Gasteiger partial charge in [0.15, 0.2) is 5.15 Å². The first-order valence-electron chi connectivity index (χ1n) is 8.95. The second kappa shape index (κ2) is 10.1. The van der Waals surface area contributed by atoms with Crippen molar-refractivity contribution in [3.8, 4) is 28.4 Å². The van der Waals surface area contributed by atoms with Crippen LogP contribution in [0.4, 0.5) is 4.79 Å². The third-order valence-corrected chi connectivity index (χ3v) is 5.56. The van der Waals surface area contributed by atoms with Gasteiger partial charge in [-0.1, -0.05) is 53.0 Å². The van der Waals surface area contributed by atoms with Gasteiger partial charge in [-0.15, -0.1) is 0 Å². The largest absolute Gasteiger partial charge is 0.481 e. The van der Waals surface area contributed by atoms with Crippen LogP contribution in [0.2, 0.25) is 15.2 Å². The Morgan fingerprint density at radius 2 is 1.84 bits per heavy atom. The number of benzene rings is 1. The lowest BCUT2D eigenvalue weighted by molar-refractivity contribution is 0.128. The SMILES string of the molecule is COc1nc(-c2cccc(-c3ncnc(Cl)c3Cl)c2Cl)ccc1CN(CCO)C(=O)O. The number of rotatable bonds is 7. The summed E-state index contributed by atoms with van der Waals surface area (Å²) in [5.41, 5.74) is 2.59. The number of ether oxygens (including phenoxy) is 1. The summed E-state index contributed by atoms with van der Waals surface area (Å²) in [4.78, 5) is 24.9.